The van der Waals surface area contributed by atoms with Crippen LogP contribution in [0.2, 0.25) is 0 Å². The maximum atomic E-state index is 12.6. The number of tetrazole rings is 1. The summed E-state index contributed by atoms with van der Waals surface area (Å²) in [4.78, 5) is 0. The van der Waals surface area contributed by atoms with Crippen molar-refractivity contribution in [3.8, 4) is 22.5 Å². The van der Waals surface area contributed by atoms with Gasteiger partial charge in [-0.3, -0.25) is 0 Å². The molecule has 0 radical (unpaired) electrons. The number of rotatable bonds is 2. The third-order valence-corrected chi connectivity index (χ3v) is 3.18. The number of nitrogens with zero attached hydrogens (tertiary/aromatic N) is 3. The maximum Gasteiger partial charge on any atom is 0.416 e. The van der Waals surface area contributed by atoms with E-state index >= 15 is 0 Å². The van der Waals surface area contributed by atoms with Crippen LogP contribution in [0.15, 0.2) is 42.5 Å². The average Bonchev–Trinajstić information content (AvgIpc) is 3.00. The molecule has 0 amide bonds. The van der Waals surface area contributed by atoms with Crippen LogP contribution in [0.1, 0.15) is 5.56 Å². The van der Waals surface area contributed by atoms with Crippen molar-refractivity contribution in [1.82, 2.24) is 20.6 Å². The zero-order valence-corrected chi connectivity index (χ0v) is 11.1. The lowest BCUT2D eigenvalue weighted by molar-refractivity contribution is -0.137. The normalized spacial score (nSPS) is 11.6. The molecule has 112 valence electrons. The van der Waals surface area contributed by atoms with Gasteiger partial charge in [0.2, 0.25) is 5.82 Å². The molecule has 3 rings (SSSR count). The van der Waals surface area contributed by atoms with E-state index in [4.69, 9.17) is 5.73 Å². The summed E-state index contributed by atoms with van der Waals surface area (Å²) in [6, 6.07) is 10.0. The lowest BCUT2D eigenvalue weighted by Gasteiger charge is -2.09. The van der Waals surface area contributed by atoms with Crippen molar-refractivity contribution in [2.24, 2.45) is 0 Å². The topological polar surface area (TPSA) is 80.5 Å². The molecular weight excluding hydrogens is 295 g/mol. The Balaban J connectivity index is 1.94. The third kappa shape index (κ3) is 2.62. The lowest BCUT2D eigenvalue weighted by Crippen LogP contribution is -2.04. The summed E-state index contributed by atoms with van der Waals surface area (Å²) in [6.45, 7) is 0. The minimum absolute atomic E-state index is 0.358. The van der Waals surface area contributed by atoms with Gasteiger partial charge < -0.3 is 5.73 Å². The van der Waals surface area contributed by atoms with Crippen LogP contribution in [0.25, 0.3) is 22.5 Å². The zero-order chi connectivity index (χ0) is 15.7. The predicted octanol–water partition coefficient (Wildman–Crippen LogP) is 3.13. The summed E-state index contributed by atoms with van der Waals surface area (Å²) in [5, 5.41) is 13.5. The molecule has 0 atom stereocenters. The first kappa shape index (κ1) is 14.1. The van der Waals surface area contributed by atoms with E-state index in [-0.39, 0.29) is 0 Å². The van der Waals surface area contributed by atoms with Crippen LogP contribution in [-0.4, -0.2) is 20.6 Å². The molecule has 5 nitrogen and oxygen atoms in total. The van der Waals surface area contributed by atoms with E-state index < -0.39 is 11.7 Å². The number of alkyl halides is 3. The number of halogens is 3. The standard InChI is InChI=1S/C14H10F3N5/c15-14(16,17)10-4-1-8(2-5-10)9-3-6-11(12(18)7-9)13-19-21-22-20-13/h1-7H,18H2,(H,19,20,21,22). The second-order valence-corrected chi connectivity index (χ2v) is 4.61. The Hall–Kier alpha value is -2.90. The minimum atomic E-state index is -4.35. The summed E-state index contributed by atoms with van der Waals surface area (Å²) in [5.41, 5.74) is 7.62. The SMILES string of the molecule is Nc1cc(-c2ccc(C(F)(F)F)cc2)ccc1-c1nn[nH]n1. The second kappa shape index (κ2) is 5.14. The summed E-state index contributed by atoms with van der Waals surface area (Å²) < 4.78 is 37.7. The zero-order valence-electron chi connectivity index (χ0n) is 11.1. The molecule has 0 fully saturated rings. The number of nitrogens with two attached hydrogens (primary N) is 1. The van der Waals surface area contributed by atoms with E-state index in [9.17, 15) is 13.2 Å². The molecule has 2 aromatic carbocycles. The molecule has 8 heteroatoms. The Morgan fingerprint density at radius 3 is 2.18 bits per heavy atom. The van der Waals surface area contributed by atoms with Crippen molar-refractivity contribution in [1.29, 1.82) is 0 Å². The van der Waals surface area contributed by atoms with Crippen LogP contribution >= 0.6 is 0 Å². The van der Waals surface area contributed by atoms with Gasteiger partial charge in [-0.15, -0.1) is 10.2 Å². The van der Waals surface area contributed by atoms with Crippen LogP contribution in [-0.2, 0) is 6.18 Å². The van der Waals surface area contributed by atoms with E-state index in [0.717, 1.165) is 12.1 Å². The first-order valence-corrected chi connectivity index (χ1v) is 6.26. The number of anilines is 1. The van der Waals surface area contributed by atoms with Crippen LogP contribution in [0.3, 0.4) is 0 Å². The number of nitrogens with one attached hydrogen (secondary N) is 1. The van der Waals surface area contributed by atoms with Gasteiger partial charge in [-0.2, -0.15) is 18.4 Å². The molecule has 0 unspecified atom stereocenters. The number of hydrogen-bond acceptors (Lipinski definition) is 4. The van der Waals surface area contributed by atoms with E-state index in [1.807, 2.05) is 0 Å². The fourth-order valence-electron chi connectivity index (χ4n) is 2.07. The highest BCUT2D eigenvalue weighted by Crippen LogP contribution is 2.32. The second-order valence-electron chi connectivity index (χ2n) is 4.61. The van der Waals surface area contributed by atoms with Crippen molar-refractivity contribution < 1.29 is 13.2 Å². The van der Waals surface area contributed by atoms with Crippen LogP contribution in [0.4, 0.5) is 18.9 Å². The van der Waals surface area contributed by atoms with Gasteiger partial charge in [-0.25, -0.2) is 0 Å². The van der Waals surface area contributed by atoms with Gasteiger partial charge in [0.1, 0.15) is 0 Å². The lowest BCUT2D eigenvalue weighted by atomic mass is 10.0. The quantitative estimate of drug-likeness (QED) is 0.713. The molecule has 0 aliphatic heterocycles. The molecule has 0 aliphatic carbocycles. The molecule has 3 N–H and O–H groups in total. The monoisotopic (exact) mass is 305 g/mol. The highest BCUT2D eigenvalue weighted by molar-refractivity contribution is 5.78. The van der Waals surface area contributed by atoms with Crippen molar-refractivity contribution in [2.45, 2.75) is 6.18 Å². The molecule has 1 aromatic heterocycles. The van der Waals surface area contributed by atoms with Crippen LogP contribution in [0, 0.1) is 0 Å². The van der Waals surface area contributed by atoms with Crippen molar-refractivity contribution in [2.75, 3.05) is 5.73 Å². The molecule has 3 aromatic rings. The largest absolute Gasteiger partial charge is 0.416 e. The van der Waals surface area contributed by atoms with E-state index in [1.54, 1.807) is 18.2 Å². The van der Waals surface area contributed by atoms with Gasteiger partial charge in [0.25, 0.3) is 0 Å². The minimum Gasteiger partial charge on any atom is -0.398 e. The van der Waals surface area contributed by atoms with Gasteiger partial charge in [-0.1, -0.05) is 18.2 Å². The maximum absolute atomic E-state index is 12.6. The highest BCUT2D eigenvalue weighted by Gasteiger charge is 2.29. The summed E-state index contributed by atoms with van der Waals surface area (Å²) in [6.07, 6.45) is -4.35. The summed E-state index contributed by atoms with van der Waals surface area (Å²) in [5.74, 6) is 0.358. The van der Waals surface area contributed by atoms with Gasteiger partial charge >= 0.3 is 6.18 Å². The molecule has 0 saturated carbocycles. The number of hydrogen-bond donors (Lipinski definition) is 2. The van der Waals surface area contributed by atoms with Gasteiger partial charge in [-0.05, 0) is 40.6 Å². The van der Waals surface area contributed by atoms with Gasteiger partial charge in [0.15, 0.2) is 0 Å². The molecular formula is C14H10F3N5. The van der Waals surface area contributed by atoms with E-state index in [0.29, 0.717) is 28.2 Å². The Kier molecular flexibility index (Phi) is 3.28. The number of aromatic amines is 1. The summed E-state index contributed by atoms with van der Waals surface area (Å²) >= 11 is 0. The fourth-order valence-corrected chi connectivity index (χ4v) is 2.07. The fraction of sp³-hybridized carbons (Fsp3) is 0.0714. The number of aromatic nitrogens is 4. The predicted molar refractivity (Wildman–Crippen MR) is 74.5 cm³/mol. The smallest absolute Gasteiger partial charge is 0.398 e. The Bertz CT molecular complexity index is 779. The van der Waals surface area contributed by atoms with Crippen LogP contribution in [0.5, 0.6) is 0 Å². The number of nitrogen functional groups attached to an aromatic ring is 1. The van der Waals surface area contributed by atoms with Gasteiger partial charge in [0, 0.05) is 11.3 Å². The van der Waals surface area contributed by atoms with Crippen LogP contribution < -0.4 is 5.73 Å². The number of benzene rings is 2. The van der Waals surface area contributed by atoms with E-state index in [1.165, 1.54) is 12.1 Å². The first-order chi connectivity index (χ1) is 10.4. The molecule has 1 heterocycles. The Morgan fingerprint density at radius 1 is 0.955 bits per heavy atom. The summed E-state index contributed by atoms with van der Waals surface area (Å²) in [7, 11) is 0. The number of H-pyrrole nitrogens is 1. The van der Waals surface area contributed by atoms with Crippen molar-refractivity contribution >= 4 is 5.69 Å². The van der Waals surface area contributed by atoms with E-state index in [2.05, 4.69) is 20.6 Å². The first-order valence-electron chi connectivity index (χ1n) is 6.26. The molecule has 0 saturated heterocycles. The molecule has 0 aliphatic rings. The average molecular weight is 305 g/mol. The Labute approximate surface area is 123 Å². The van der Waals surface area contributed by atoms with Gasteiger partial charge in [0.05, 0.1) is 5.56 Å². The van der Waals surface area contributed by atoms with Crippen molar-refractivity contribution in [3.05, 3.63) is 48.0 Å². The molecule has 0 spiro atoms. The Morgan fingerprint density at radius 2 is 1.64 bits per heavy atom. The highest BCUT2D eigenvalue weighted by atomic mass is 19.4. The molecule has 0 bridgehead atoms. The van der Waals surface area contributed by atoms with Crippen molar-refractivity contribution in [3.63, 3.8) is 0 Å². The molecule has 22 heavy (non-hydrogen) atoms. The third-order valence-electron chi connectivity index (χ3n) is 3.18.